The summed E-state index contributed by atoms with van der Waals surface area (Å²) in [7, 11) is -2.35. The summed E-state index contributed by atoms with van der Waals surface area (Å²) in [6, 6.07) is 20.3. The zero-order chi connectivity index (χ0) is 22.0. The number of sulfonamides is 1. The number of ether oxygens (including phenoxy) is 2. The van der Waals surface area contributed by atoms with Gasteiger partial charge in [-0.25, -0.2) is 8.42 Å². The Morgan fingerprint density at radius 3 is 2.55 bits per heavy atom. The molecule has 0 aliphatic carbocycles. The SMILES string of the molecule is COc1cccc(NC(=O)[C@@H]2CN(S(=O)(=O)c3ccc(C)cc3)c3ccccc3O2)c1. The average Bonchev–Trinajstić information content (AvgIpc) is 2.78. The normalized spacial score (nSPS) is 15.5. The molecular weight excluding hydrogens is 416 g/mol. The fourth-order valence-corrected chi connectivity index (χ4v) is 4.80. The quantitative estimate of drug-likeness (QED) is 0.658. The monoisotopic (exact) mass is 438 g/mol. The van der Waals surface area contributed by atoms with Crippen LogP contribution in [0.25, 0.3) is 0 Å². The van der Waals surface area contributed by atoms with Crippen LogP contribution in [0.15, 0.2) is 77.7 Å². The molecular formula is C23H22N2O5S. The Labute approximate surface area is 181 Å². The zero-order valence-corrected chi connectivity index (χ0v) is 17.9. The van der Waals surface area contributed by atoms with Gasteiger partial charge in [0.2, 0.25) is 0 Å². The number of hydrogen-bond donors (Lipinski definition) is 1. The van der Waals surface area contributed by atoms with Crippen LogP contribution in [0.1, 0.15) is 5.56 Å². The van der Waals surface area contributed by atoms with E-state index in [0.29, 0.717) is 22.9 Å². The van der Waals surface area contributed by atoms with Gasteiger partial charge in [0.1, 0.15) is 11.5 Å². The van der Waals surface area contributed by atoms with E-state index in [2.05, 4.69) is 5.32 Å². The van der Waals surface area contributed by atoms with E-state index in [0.717, 1.165) is 5.56 Å². The molecule has 0 saturated heterocycles. The van der Waals surface area contributed by atoms with E-state index in [1.165, 1.54) is 11.4 Å². The second-order valence-corrected chi connectivity index (χ2v) is 9.01. The molecule has 0 radical (unpaired) electrons. The van der Waals surface area contributed by atoms with E-state index in [4.69, 9.17) is 9.47 Å². The highest BCUT2D eigenvalue weighted by Crippen LogP contribution is 2.37. The van der Waals surface area contributed by atoms with Crippen molar-refractivity contribution in [2.24, 2.45) is 0 Å². The fraction of sp³-hybridized carbons (Fsp3) is 0.174. The van der Waals surface area contributed by atoms with Gasteiger partial charge in [0.25, 0.3) is 15.9 Å². The number of carbonyl (C=O) groups excluding carboxylic acids is 1. The lowest BCUT2D eigenvalue weighted by Crippen LogP contribution is -2.48. The largest absolute Gasteiger partial charge is 0.497 e. The molecule has 1 atom stereocenters. The van der Waals surface area contributed by atoms with Crippen molar-refractivity contribution in [1.82, 2.24) is 0 Å². The summed E-state index contributed by atoms with van der Waals surface area (Å²) in [5.74, 6) is 0.471. The first-order valence-corrected chi connectivity index (χ1v) is 11.1. The Morgan fingerprint density at radius 1 is 1.06 bits per heavy atom. The first-order chi connectivity index (χ1) is 14.9. The van der Waals surface area contributed by atoms with E-state index >= 15 is 0 Å². The molecule has 1 aliphatic heterocycles. The molecule has 3 aromatic carbocycles. The van der Waals surface area contributed by atoms with Crippen LogP contribution in [-0.2, 0) is 14.8 Å². The highest BCUT2D eigenvalue weighted by Gasteiger charge is 2.37. The summed E-state index contributed by atoms with van der Waals surface area (Å²) in [5, 5.41) is 2.77. The van der Waals surface area contributed by atoms with Crippen molar-refractivity contribution >= 4 is 27.3 Å². The average molecular weight is 439 g/mol. The Kier molecular flexibility index (Phi) is 5.56. The van der Waals surface area contributed by atoms with Gasteiger partial charge >= 0.3 is 0 Å². The molecule has 160 valence electrons. The lowest BCUT2D eigenvalue weighted by Gasteiger charge is -2.34. The summed E-state index contributed by atoms with van der Waals surface area (Å²) in [4.78, 5) is 13.1. The summed E-state index contributed by atoms with van der Waals surface area (Å²) in [5.41, 5.74) is 1.88. The number of fused-ring (bicyclic) bond motifs is 1. The van der Waals surface area contributed by atoms with Crippen molar-refractivity contribution in [2.45, 2.75) is 17.9 Å². The number of anilines is 2. The Balaban J connectivity index is 1.65. The molecule has 4 rings (SSSR count). The third kappa shape index (κ3) is 4.20. The molecule has 1 aliphatic rings. The second-order valence-electron chi connectivity index (χ2n) is 7.14. The molecule has 1 heterocycles. The molecule has 0 spiro atoms. The molecule has 3 aromatic rings. The molecule has 0 unspecified atom stereocenters. The maximum Gasteiger partial charge on any atom is 0.267 e. The van der Waals surface area contributed by atoms with Gasteiger partial charge in [0.05, 0.1) is 24.2 Å². The van der Waals surface area contributed by atoms with Gasteiger partial charge in [-0.15, -0.1) is 0 Å². The van der Waals surface area contributed by atoms with E-state index in [1.54, 1.807) is 72.8 Å². The maximum absolute atomic E-state index is 13.4. The fourth-order valence-electron chi connectivity index (χ4n) is 3.33. The van der Waals surface area contributed by atoms with Crippen molar-refractivity contribution < 1.29 is 22.7 Å². The molecule has 1 amide bonds. The molecule has 7 nitrogen and oxygen atoms in total. The minimum Gasteiger partial charge on any atom is -0.497 e. The standard InChI is InChI=1S/C23H22N2O5S/c1-16-10-12-19(13-11-16)31(27,28)25-15-22(30-21-9-4-3-8-20(21)25)23(26)24-17-6-5-7-18(14-17)29-2/h3-14,22H,15H2,1-2H3,(H,24,26)/t22-/m0/s1. The van der Waals surface area contributed by atoms with E-state index in [9.17, 15) is 13.2 Å². The van der Waals surface area contributed by atoms with E-state index in [1.807, 2.05) is 6.92 Å². The molecule has 8 heteroatoms. The van der Waals surface area contributed by atoms with Crippen LogP contribution in [0.5, 0.6) is 11.5 Å². The summed E-state index contributed by atoms with van der Waals surface area (Å²) in [6.45, 7) is 1.74. The summed E-state index contributed by atoms with van der Waals surface area (Å²) < 4.78 is 39.0. The minimum absolute atomic E-state index is 0.150. The van der Waals surface area contributed by atoms with Crippen molar-refractivity contribution in [3.8, 4) is 11.5 Å². The lowest BCUT2D eigenvalue weighted by atomic mass is 10.2. The Bertz CT molecular complexity index is 1210. The summed E-state index contributed by atoms with van der Waals surface area (Å²) in [6.07, 6.45) is -1.03. The van der Waals surface area contributed by atoms with Crippen LogP contribution >= 0.6 is 0 Å². The van der Waals surface area contributed by atoms with Crippen molar-refractivity contribution in [3.63, 3.8) is 0 Å². The first-order valence-electron chi connectivity index (χ1n) is 9.68. The number of para-hydroxylation sites is 2. The number of hydrogen-bond acceptors (Lipinski definition) is 5. The number of amides is 1. The third-order valence-electron chi connectivity index (χ3n) is 4.97. The Hall–Kier alpha value is -3.52. The van der Waals surface area contributed by atoms with Gasteiger partial charge in [0.15, 0.2) is 6.10 Å². The van der Waals surface area contributed by atoms with Crippen LogP contribution in [0.4, 0.5) is 11.4 Å². The molecule has 0 aromatic heterocycles. The second kappa shape index (κ2) is 8.31. The van der Waals surface area contributed by atoms with Crippen molar-refractivity contribution in [3.05, 3.63) is 78.4 Å². The van der Waals surface area contributed by atoms with Crippen molar-refractivity contribution in [2.75, 3.05) is 23.3 Å². The maximum atomic E-state index is 13.4. The van der Waals surface area contributed by atoms with E-state index in [-0.39, 0.29) is 11.4 Å². The van der Waals surface area contributed by atoms with Crippen LogP contribution in [0.2, 0.25) is 0 Å². The predicted molar refractivity (Wildman–Crippen MR) is 118 cm³/mol. The number of aryl methyl sites for hydroxylation is 1. The van der Waals surface area contributed by atoms with Crippen molar-refractivity contribution in [1.29, 1.82) is 0 Å². The molecule has 1 N–H and O–H groups in total. The van der Waals surface area contributed by atoms with Gasteiger partial charge < -0.3 is 14.8 Å². The first kappa shape index (κ1) is 20.7. The third-order valence-corrected chi connectivity index (χ3v) is 6.77. The van der Waals surface area contributed by atoms with Crippen LogP contribution in [-0.4, -0.2) is 34.1 Å². The number of methoxy groups -OCH3 is 1. The molecule has 0 bridgehead atoms. The van der Waals surface area contributed by atoms with Gasteiger partial charge in [0, 0.05) is 11.8 Å². The zero-order valence-electron chi connectivity index (χ0n) is 17.1. The van der Waals surface area contributed by atoms with Gasteiger partial charge in [-0.2, -0.15) is 0 Å². The smallest absolute Gasteiger partial charge is 0.267 e. The van der Waals surface area contributed by atoms with Crippen LogP contribution < -0.4 is 19.1 Å². The highest BCUT2D eigenvalue weighted by molar-refractivity contribution is 7.92. The van der Waals surface area contributed by atoms with Gasteiger partial charge in [-0.3, -0.25) is 9.10 Å². The summed E-state index contributed by atoms with van der Waals surface area (Å²) >= 11 is 0. The lowest BCUT2D eigenvalue weighted by molar-refractivity contribution is -0.122. The van der Waals surface area contributed by atoms with Gasteiger partial charge in [-0.1, -0.05) is 35.9 Å². The molecule has 0 fully saturated rings. The Morgan fingerprint density at radius 2 is 1.81 bits per heavy atom. The highest BCUT2D eigenvalue weighted by atomic mass is 32.2. The number of rotatable bonds is 5. The molecule has 31 heavy (non-hydrogen) atoms. The van der Waals surface area contributed by atoms with Crippen LogP contribution in [0, 0.1) is 6.92 Å². The number of benzene rings is 3. The minimum atomic E-state index is -3.89. The topological polar surface area (TPSA) is 84.9 Å². The van der Waals surface area contributed by atoms with E-state index < -0.39 is 22.0 Å². The number of carbonyl (C=O) groups is 1. The number of nitrogens with one attached hydrogen (secondary N) is 1. The van der Waals surface area contributed by atoms with Gasteiger partial charge in [-0.05, 0) is 43.3 Å². The number of nitrogens with zero attached hydrogens (tertiary/aromatic N) is 1. The van der Waals surface area contributed by atoms with Crippen LogP contribution in [0.3, 0.4) is 0 Å². The molecule has 0 saturated carbocycles. The predicted octanol–water partition coefficient (Wildman–Crippen LogP) is 3.60.